The van der Waals surface area contributed by atoms with E-state index in [0.717, 1.165) is 40.6 Å². The van der Waals surface area contributed by atoms with E-state index in [1.54, 1.807) is 12.1 Å². The lowest BCUT2D eigenvalue weighted by Gasteiger charge is -2.34. The van der Waals surface area contributed by atoms with Crippen LogP contribution in [0.2, 0.25) is 10.0 Å². The number of carbonyl (C=O) groups is 1. The molecule has 6 heteroatoms. The normalized spacial score (nSPS) is 16.7. The lowest BCUT2D eigenvalue weighted by Crippen LogP contribution is -2.40. The number of benzene rings is 2. The topological polar surface area (TPSA) is 59.2 Å². The van der Waals surface area contributed by atoms with Crippen LogP contribution in [0.25, 0.3) is 22.0 Å². The number of rotatable bonds is 2. The molecule has 0 radical (unpaired) electrons. The van der Waals surface area contributed by atoms with Gasteiger partial charge in [-0.15, -0.1) is 0 Å². The molecule has 1 amide bonds. The Labute approximate surface area is 166 Å². The second kappa shape index (κ2) is 6.11. The Bertz CT molecular complexity index is 1110. The summed E-state index contributed by atoms with van der Waals surface area (Å²) in [6.07, 6.45) is 3.29. The van der Waals surface area contributed by atoms with Gasteiger partial charge in [-0.3, -0.25) is 4.79 Å². The standard InChI is InChI=1S/C21H17Cl2N3O/c22-11-7-8-16(23)15(9-11)13-5-2-6-14-19(24)18-17(25-20(13)14)10-26(21(18)27)12-3-1-4-12/h2,5-9,12H,1,3-4,10H2,(H2,24,25). The van der Waals surface area contributed by atoms with Crippen LogP contribution in [0.3, 0.4) is 0 Å². The zero-order valence-corrected chi connectivity index (χ0v) is 16.0. The Morgan fingerprint density at radius 1 is 1.11 bits per heavy atom. The van der Waals surface area contributed by atoms with Crippen LogP contribution < -0.4 is 5.73 Å². The second-order valence-electron chi connectivity index (χ2n) is 7.19. The molecule has 1 fully saturated rings. The van der Waals surface area contributed by atoms with E-state index in [-0.39, 0.29) is 5.91 Å². The number of pyridine rings is 1. The zero-order chi connectivity index (χ0) is 18.7. The van der Waals surface area contributed by atoms with Crippen molar-refractivity contribution >= 4 is 45.7 Å². The van der Waals surface area contributed by atoms with Gasteiger partial charge in [0.2, 0.25) is 0 Å². The lowest BCUT2D eigenvalue weighted by molar-refractivity contribution is 0.0606. The molecule has 1 aromatic heterocycles. The number of nitrogens with two attached hydrogens (primary N) is 1. The van der Waals surface area contributed by atoms with E-state index < -0.39 is 0 Å². The first-order valence-electron chi connectivity index (χ1n) is 9.02. The summed E-state index contributed by atoms with van der Waals surface area (Å²) in [6.45, 7) is 0.524. The number of para-hydroxylation sites is 1. The third-order valence-electron chi connectivity index (χ3n) is 5.66. The molecular formula is C21H17Cl2N3O. The summed E-state index contributed by atoms with van der Waals surface area (Å²) in [5, 5.41) is 1.97. The number of hydrogen-bond acceptors (Lipinski definition) is 3. The SMILES string of the molecule is Nc1c2c(nc3c(-c4cc(Cl)ccc4Cl)cccc13)CN(C1CCC1)C2=O. The van der Waals surface area contributed by atoms with Gasteiger partial charge in [0.15, 0.2) is 0 Å². The van der Waals surface area contributed by atoms with Gasteiger partial charge in [0.1, 0.15) is 0 Å². The zero-order valence-electron chi connectivity index (χ0n) is 14.5. The fourth-order valence-corrected chi connectivity index (χ4v) is 4.40. The molecule has 4 nitrogen and oxygen atoms in total. The van der Waals surface area contributed by atoms with Gasteiger partial charge in [-0.2, -0.15) is 0 Å². The third-order valence-corrected chi connectivity index (χ3v) is 6.22. The Morgan fingerprint density at radius 2 is 1.93 bits per heavy atom. The number of carbonyl (C=O) groups excluding carboxylic acids is 1. The van der Waals surface area contributed by atoms with E-state index in [0.29, 0.717) is 33.9 Å². The summed E-state index contributed by atoms with van der Waals surface area (Å²) in [5.41, 5.74) is 10.7. The number of amides is 1. The third kappa shape index (κ3) is 2.51. The van der Waals surface area contributed by atoms with Crippen LogP contribution in [0.5, 0.6) is 0 Å². The molecule has 0 saturated heterocycles. The first kappa shape index (κ1) is 16.8. The number of halogens is 2. The highest BCUT2D eigenvalue weighted by atomic mass is 35.5. The second-order valence-corrected chi connectivity index (χ2v) is 8.03. The van der Waals surface area contributed by atoms with Crippen LogP contribution in [-0.4, -0.2) is 21.8 Å². The predicted molar refractivity (Wildman–Crippen MR) is 109 cm³/mol. The average molecular weight is 398 g/mol. The molecule has 5 rings (SSSR count). The van der Waals surface area contributed by atoms with Crippen molar-refractivity contribution in [2.24, 2.45) is 0 Å². The molecule has 2 N–H and O–H groups in total. The Kier molecular flexibility index (Phi) is 3.81. The highest BCUT2D eigenvalue weighted by Crippen LogP contribution is 2.40. The number of nitrogen functional groups attached to an aromatic ring is 1. The van der Waals surface area contributed by atoms with Crippen molar-refractivity contribution in [3.8, 4) is 11.1 Å². The van der Waals surface area contributed by atoms with Crippen molar-refractivity contribution in [1.29, 1.82) is 0 Å². The first-order chi connectivity index (χ1) is 13.0. The van der Waals surface area contributed by atoms with Gasteiger partial charge in [-0.05, 0) is 37.5 Å². The summed E-state index contributed by atoms with van der Waals surface area (Å²) in [4.78, 5) is 19.7. The molecule has 136 valence electrons. The molecular weight excluding hydrogens is 381 g/mol. The number of aromatic nitrogens is 1. The Hall–Kier alpha value is -2.30. The minimum absolute atomic E-state index is 0.00721. The van der Waals surface area contributed by atoms with E-state index in [4.69, 9.17) is 33.9 Å². The van der Waals surface area contributed by atoms with Crippen molar-refractivity contribution in [1.82, 2.24) is 9.88 Å². The van der Waals surface area contributed by atoms with Crippen LogP contribution in [0.4, 0.5) is 5.69 Å². The van der Waals surface area contributed by atoms with Gasteiger partial charge in [-0.25, -0.2) is 4.98 Å². The van der Waals surface area contributed by atoms with E-state index in [1.165, 1.54) is 6.42 Å². The molecule has 3 aromatic rings. The van der Waals surface area contributed by atoms with Gasteiger partial charge in [0.25, 0.3) is 5.91 Å². The Morgan fingerprint density at radius 3 is 2.67 bits per heavy atom. The summed E-state index contributed by atoms with van der Waals surface area (Å²) >= 11 is 12.6. The molecule has 2 aliphatic rings. The van der Waals surface area contributed by atoms with Gasteiger partial charge < -0.3 is 10.6 Å². The fraction of sp³-hybridized carbons (Fsp3) is 0.238. The molecule has 1 aliphatic heterocycles. The molecule has 1 saturated carbocycles. The summed E-state index contributed by atoms with van der Waals surface area (Å²) < 4.78 is 0. The van der Waals surface area contributed by atoms with Crippen molar-refractivity contribution < 1.29 is 4.79 Å². The number of anilines is 1. The van der Waals surface area contributed by atoms with Crippen LogP contribution in [0.1, 0.15) is 35.3 Å². The van der Waals surface area contributed by atoms with Crippen molar-refractivity contribution in [2.45, 2.75) is 31.8 Å². The minimum atomic E-state index is 0.00721. The van der Waals surface area contributed by atoms with Crippen molar-refractivity contribution in [3.63, 3.8) is 0 Å². The fourth-order valence-electron chi connectivity index (χ4n) is 4.01. The van der Waals surface area contributed by atoms with Crippen LogP contribution in [0, 0.1) is 0 Å². The van der Waals surface area contributed by atoms with E-state index in [1.807, 2.05) is 29.2 Å². The number of hydrogen-bond donors (Lipinski definition) is 1. The molecule has 1 aliphatic carbocycles. The monoisotopic (exact) mass is 397 g/mol. The van der Waals surface area contributed by atoms with Crippen molar-refractivity contribution in [2.75, 3.05) is 5.73 Å². The van der Waals surface area contributed by atoms with Crippen LogP contribution in [-0.2, 0) is 6.54 Å². The highest BCUT2D eigenvalue weighted by Gasteiger charge is 2.38. The Balaban J connectivity index is 1.72. The number of fused-ring (bicyclic) bond motifs is 2. The van der Waals surface area contributed by atoms with Crippen LogP contribution in [0.15, 0.2) is 36.4 Å². The van der Waals surface area contributed by atoms with Crippen molar-refractivity contribution in [3.05, 3.63) is 57.7 Å². The van der Waals surface area contributed by atoms with Crippen LogP contribution >= 0.6 is 23.2 Å². The van der Waals surface area contributed by atoms with Gasteiger partial charge >= 0.3 is 0 Å². The molecule has 0 unspecified atom stereocenters. The molecule has 0 bridgehead atoms. The minimum Gasteiger partial charge on any atom is -0.397 e. The molecule has 2 aromatic carbocycles. The quantitative estimate of drug-likeness (QED) is 0.637. The maximum absolute atomic E-state index is 12.9. The highest BCUT2D eigenvalue weighted by molar-refractivity contribution is 6.35. The van der Waals surface area contributed by atoms with Gasteiger partial charge in [-0.1, -0.05) is 41.4 Å². The molecule has 27 heavy (non-hydrogen) atoms. The predicted octanol–water partition coefficient (Wildman–Crippen LogP) is 5.30. The maximum Gasteiger partial charge on any atom is 0.258 e. The van der Waals surface area contributed by atoms with E-state index in [9.17, 15) is 4.79 Å². The van der Waals surface area contributed by atoms with Gasteiger partial charge in [0.05, 0.1) is 29.0 Å². The van der Waals surface area contributed by atoms with E-state index in [2.05, 4.69) is 0 Å². The summed E-state index contributed by atoms with van der Waals surface area (Å²) in [5.74, 6) is 0.00721. The van der Waals surface area contributed by atoms with E-state index >= 15 is 0 Å². The summed E-state index contributed by atoms with van der Waals surface area (Å²) in [6, 6.07) is 11.4. The number of nitrogens with zero attached hydrogens (tertiary/aromatic N) is 2. The maximum atomic E-state index is 12.9. The summed E-state index contributed by atoms with van der Waals surface area (Å²) in [7, 11) is 0. The molecule has 0 atom stereocenters. The smallest absolute Gasteiger partial charge is 0.258 e. The largest absolute Gasteiger partial charge is 0.397 e. The lowest BCUT2D eigenvalue weighted by atomic mass is 9.92. The first-order valence-corrected chi connectivity index (χ1v) is 9.77. The average Bonchev–Trinajstić information content (AvgIpc) is 2.92. The molecule has 0 spiro atoms. The van der Waals surface area contributed by atoms with Gasteiger partial charge in [0, 0.05) is 32.6 Å². The molecule has 2 heterocycles.